The number of rotatable bonds is 10. The van der Waals surface area contributed by atoms with E-state index < -0.39 is 29.4 Å². The summed E-state index contributed by atoms with van der Waals surface area (Å²) in [7, 11) is 0. The molecule has 33 heavy (non-hydrogen) atoms. The van der Waals surface area contributed by atoms with Crippen LogP contribution in [0.2, 0.25) is 0 Å². The van der Waals surface area contributed by atoms with Gasteiger partial charge < -0.3 is 20.5 Å². The first-order valence-electron chi connectivity index (χ1n) is 10.9. The normalized spacial score (nSPS) is 13.5. The van der Waals surface area contributed by atoms with Crippen LogP contribution in [0, 0.1) is 5.41 Å². The molecule has 0 bridgehead atoms. The van der Waals surface area contributed by atoms with Gasteiger partial charge in [0.2, 0.25) is 5.91 Å². The zero-order valence-electron chi connectivity index (χ0n) is 19.1. The topological polar surface area (TPSA) is 105 Å². The third-order valence-corrected chi connectivity index (χ3v) is 6.49. The molecule has 3 rings (SSSR count). The van der Waals surface area contributed by atoms with E-state index in [4.69, 9.17) is 4.74 Å². The Morgan fingerprint density at radius 2 is 1.64 bits per heavy atom. The van der Waals surface area contributed by atoms with E-state index in [0.717, 1.165) is 22.3 Å². The highest BCUT2D eigenvalue weighted by atomic mass is 32.2. The molecule has 1 atom stereocenters. The molecule has 7 nitrogen and oxygen atoms in total. The lowest BCUT2D eigenvalue weighted by Gasteiger charge is -2.23. The molecule has 0 heterocycles. The van der Waals surface area contributed by atoms with Crippen LogP contribution in [0.4, 0.5) is 4.79 Å². The van der Waals surface area contributed by atoms with E-state index in [-0.39, 0.29) is 19.1 Å². The molecule has 0 radical (unpaired) electrons. The Morgan fingerprint density at radius 1 is 1.06 bits per heavy atom. The third-order valence-electron chi connectivity index (χ3n) is 5.85. The summed E-state index contributed by atoms with van der Waals surface area (Å²) in [5, 5.41) is 14.5. The Bertz CT molecular complexity index is 978. The van der Waals surface area contributed by atoms with Gasteiger partial charge in [0.25, 0.3) is 0 Å². The summed E-state index contributed by atoms with van der Waals surface area (Å²) in [6.07, 6.45) is 1.65. The summed E-state index contributed by atoms with van der Waals surface area (Å²) in [5.41, 5.74) is 3.39. The number of aliphatic carboxylic acids is 1. The zero-order valence-corrected chi connectivity index (χ0v) is 19.9. The van der Waals surface area contributed by atoms with E-state index in [1.54, 1.807) is 11.8 Å². The maximum absolute atomic E-state index is 12.7. The Labute approximate surface area is 198 Å². The van der Waals surface area contributed by atoms with Gasteiger partial charge in [-0.3, -0.25) is 9.59 Å². The summed E-state index contributed by atoms with van der Waals surface area (Å²) in [6.45, 7) is 3.18. The monoisotopic (exact) mass is 470 g/mol. The lowest BCUT2D eigenvalue weighted by molar-refractivity contribution is -0.146. The first kappa shape index (κ1) is 24.6. The van der Waals surface area contributed by atoms with E-state index in [1.807, 2.05) is 42.7 Å². The van der Waals surface area contributed by atoms with E-state index in [0.29, 0.717) is 12.2 Å². The largest absolute Gasteiger partial charge is 0.481 e. The molecule has 2 aromatic carbocycles. The maximum atomic E-state index is 12.7. The maximum Gasteiger partial charge on any atom is 0.407 e. The van der Waals surface area contributed by atoms with E-state index in [1.165, 1.54) is 13.8 Å². The van der Waals surface area contributed by atoms with Crippen molar-refractivity contribution < 1.29 is 24.2 Å². The van der Waals surface area contributed by atoms with Crippen LogP contribution in [0.15, 0.2) is 48.5 Å². The van der Waals surface area contributed by atoms with Gasteiger partial charge >= 0.3 is 12.1 Å². The van der Waals surface area contributed by atoms with Crippen molar-refractivity contribution in [1.29, 1.82) is 0 Å². The smallest absolute Gasteiger partial charge is 0.407 e. The highest BCUT2D eigenvalue weighted by Crippen LogP contribution is 2.44. The van der Waals surface area contributed by atoms with E-state index in [9.17, 15) is 19.5 Å². The minimum absolute atomic E-state index is 0.0384. The number of carbonyl (C=O) groups is 3. The van der Waals surface area contributed by atoms with Crippen LogP contribution in [0.1, 0.15) is 37.3 Å². The second-order valence-corrected chi connectivity index (χ2v) is 9.70. The standard InChI is InChI=1S/C25H30N2O5S/c1-25(2,23(29)30)15-26-22(28)21(12-13-33-3)27-24(31)32-14-20-18-10-6-4-8-16(18)17-9-5-7-11-19(17)20/h4-11,20-21H,12-15H2,1-3H3,(H,26,28)(H,27,31)(H,29,30)/t21-/m0/s1. The molecule has 0 aliphatic heterocycles. The number of thioether (sulfide) groups is 1. The number of amides is 2. The van der Waals surface area contributed by atoms with Crippen LogP contribution in [0.25, 0.3) is 11.1 Å². The highest BCUT2D eigenvalue weighted by Gasteiger charge is 2.31. The number of benzene rings is 2. The first-order valence-corrected chi connectivity index (χ1v) is 12.3. The molecule has 2 amide bonds. The van der Waals surface area contributed by atoms with Crippen molar-refractivity contribution in [2.45, 2.75) is 32.2 Å². The predicted molar refractivity (Wildman–Crippen MR) is 129 cm³/mol. The highest BCUT2D eigenvalue weighted by molar-refractivity contribution is 7.98. The SMILES string of the molecule is CSCC[C@H](NC(=O)OCC1c2ccccc2-c2ccccc21)C(=O)NCC(C)(C)C(=O)O. The van der Waals surface area contributed by atoms with E-state index in [2.05, 4.69) is 22.8 Å². The van der Waals surface area contributed by atoms with Gasteiger partial charge in [-0.05, 0) is 54.5 Å². The fourth-order valence-electron chi connectivity index (χ4n) is 3.79. The molecule has 0 saturated carbocycles. The van der Waals surface area contributed by atoms with Gasteiger partial charge in [-0.2, -0.15) is 11.8 Å². The number of hydrogen-bond donors (Lipinski definition) is 3. The van der Waals surface area contributed by atoms with Crippen molar-refractivity contribution in [3.05, 3.63) is 59.7 Å². The van der Waals surface area contributed by atoms with Crippen LogP contribution in [-0.2, 0) is 14.3 Å². The average molecular weight is 471 g/mol. The van der Waals surface area contributed by atoms with Gasteiger partial charge in [0.15, 0.2) is 0 Å². The number of alkyl carbamates (subject to hydrolysis) is 1. The van der Waals surface area contributed by atoms with Crippen LogP contribution in [0.5, 0.6) is 0 Å². The van der Waals surface area contributed by atoms with Gasteiger partial charge in [0.05, 0.1) is 5.41 Å². The van der Waals surface area contributed by atoms with Crippen molar-refractivity contribution in [3.63, 3.8) is 0 Å². The summed E-state index contributed by atoms with van der Waals surface area (Å²) < 4.78 is 5.55. The van der Waals surface area contributed by atoms with Crippen molar-refractivity contribution in [2.24, 2.45) is 5.41 Å². The number of carboxylic acids is 1. The number of nitrogens with one attached hydrogen (secondary N) is 2. The molecule has 0 saturated heterocycles. The summed E-state index contributed by atoms with van der Waals surface area (Å²) in [5.74, 6) is -0.845. The Balaban J connectivity index is 1.63. The molecular formula is C25H30N2O5S. The van der Waals surface area contributed by atoms with Gasteiger partial charge in [-0.15, -0.1) is 0 Å². The molecular weight excluding hydrogens is 440 g/mol. The van der Waals surface area contributed by atoms with Crippen LogP contribution in [-0.4, -0.2) is 54.3 Å². The number of fused-ring (bicyclic) bond motifs is 3. The van der Waals surface area contributed by atoms with Gasteiger partial charge in [-0.1, -0.05) is 48.5 Å². The zero-order chi connectivity index (χ0) is 24.0. The van der Waals surface area contributed by atoms with Crippen molar-refractivity contribution in [1.82, 2.24) is 10.6 Å². The molecule has 2 aromatic rings. The van der Waals surface area contributed by atoms with Crippen molar-refractivity contribution >= 4 is 29.7 Å². The molecule has 0 unspecified atom stereocenters. The quantitative estimate of drug-likeness (QED) is 0.487. The molecule has 8 heteroatoms. The third kappa shape index (κ3) is 5.87. The van der Waals surface area contributed by atoms with E-state index >= 15 is 0 Å². The second-order valence-electron chi connectivity index (χ2n) is 8.71. The van der Waals surface area contributed by atoms with Crippen LogP contribution in [0.3, 0.4) is 0 Å². The summed E-state index contributed by atoms with van der Waals surface area (Å²) in [4.78, 5) is 36.6. The number of carboxylic acid groups (broad SMARTS) is 1. The average Bonchev–Trinajstić information content (AvgIpc) is 3.12. The Morgan fingerprint density at radius 3 is 2.18 bits per heavy atom. The van der Waals surface area contributed by atoms with Crippen molar-refractivity contribution in [3.8, 4) is 11.1 Å². The van der Waals surface area contributed by atoms with Gasteiger partial charge in [-0.25, -0.2) is 4.79 Å². The van der Waals surface area contributed by atoms with Crippen LogP contribution < -0.4 is 10.6 Å². The minimum atomic E-state index is -1.11. The molecule has 0 aromatic heterocycles. The molecule has 1 aliphatic carbocycles. The van der Waals surface area contributed by atoms with Crippen molar-refractivity contribution in [2.75, 3.05) is 25.2 Å². The van der Waals surface area contributed by atoms with Gasteiger partial charge in [0, 0.05) is 12.5 Å². The molecule has 0 spiro atoms. The molecule has 1 aliphatic rings. The fraction of sp³-hybridized carbons (Fsp3) is 0.400. The molecule has 3 N–H and O–H groups in total. The lowest BCUT2D eigenvalue weighted by atomic mass is 9.94. The molecule has 0 fully saturated rings. The predicted octanol–water partition coefficient (Wildman–Crippen LogP) is 3.87. The molecule has 176 valence electrons. The minimum Gasteiger partial charge on any atom is -0.481 e. The number of carbonyl (C=O) groups excluding carboxylic acids is 2. The number of ether oxygens (including phenoxy) is 1. The Hall–Kier alpha value is -3.00. The van der Waals surface area contributed by atoms with Gasteiger partial charge in [0.1, 0.15) is 12.6 Å². The van der Waals surface area contributed by atoms with Crippen LogP contribution >= 0.6 is 11.8 Å². The lowest BCUT2D eigenvalue weighted by Crippen LogP contribution is -2.50. The number of hydrogen-bond acceptors (Lipinski definition) is 5. The summed E-state index contributed by atoms with van der Waals surface area (Å²) >= 11 is 1.56. The second kappa shape index (κ2) is 10.7. The summed E-state index contributed by atoms with van der Waals surface area (Å²) in [6, 6.07) is 15.3. The fourth-order valence-corrected chi connectivity index (χ4v) is 4.27. The first-order chi connectivity index (χ1) is 15.7. The Kier molecular flexibility index (Phi) is 8.02.